The number of amides is 3. The van der Waals surface area contributed by atoms with Crippen LogP contribution in [0.5, 0.6) is 5.75 Å². The molecule has 2 heterocycles. The molecular formula is C20H28N6O4. The summed E-state index contributed by atoms with van der Waals surface area (Å²) in [5.41, 5.74) is 6.22. The molecule has 1 aromatic carbocycles. The molecule has 0 atom stereocenters. The van der Waals surface area contributed by atoms with Gasteiger partial charge in [-0.05, 0) is 42.7 Å². The molecule has 0 unspecified atom stereocenters. The molecule has 1 saturated heterocycles. The van der Waals surface area contributed by atoms with Gasteiger partial charge in [0.1, 0.15) is 5.75 Å². The molecule has 10 heteroatoms. The number of allylic oxidation sites excluding steroid dienone is 2. The largest absolute Gasteiger partial charge is 0.497 e. The van der Waals surface area contributed by atoms with E-state index >= 15 is 0 Å². The molecule has 1 aliphatic rings. The Morgan fingerprint density at radius 1 is 1.13 bits per heavy atom. The number of benzene rings is 1. The maximum Gasteiger partial charge on any atom is 0.321 e. The van der Waals surface area contributed by atoms with E-state index in [0.29, 0.717) is 44.0 Å². The van der Waals surface area contributed by atoms with Crippen molar-refractivity contribution >= 4 is 23.4 Å². The van der Waals surface area contributed by atoms with Gasteiger partial charge in [0.15, 0.2) is 0 Å². The van der Waals surface area contributed by atoms with Crippen LogP contribution >= 0.6 is 0 Å². The maximum atomic E-state index is 12.5. The summed E-state index contributed by atoms with van der Waals surface area (Å²) >= 11 is 0. The van der Waals surface area contributed by atoms with Crippen molar-refractivity contribution in [2.24, 2.45) is 0 Å². The molecule has 0 spiro atoms. The van der Waals surface area contributed by atoms with Crippen molar-refractivity contribution in [1.29, 1.82) is 0 Å². The Morgan fingerprint density at radius 2 is 1.83 bits per heavy atom. The van der Waals surface area contributed by atoms with Gasteiger partial charge < -0.3 is 25.6 Å². The highest BCUT2D eigenvalue weighted by Crippen LogP contribution is 2.18. The van der Waals surface area contributed by atoms with Gasteiger partial charge in [0.2, 0.25) is 11.5 Å². The summed E-state index contributed by atoms with van der Waals surface area (Å²) in [7, 11) is 1.57. The van der Waals surface area contributed by atoms with E-state index in [9.17, 15) is 9.59 Å². The van der Waals surface area contributed by atoms with Gasteiger partial charge in [-0.1, -0.05) is 18.2 Å². The lowest BCUT2D eigenvalue weighted by molar-refractivity contribution is 0.0752. The summed E-state index contributed by atoms with van der Waals surface area (Å²) in [6.45, 7) is 5.80. The number of urea groups is 1. The van der Waals surface area contributed by atoms with Gasteiger partial charge in [0, 0.05) is 37.9 Å². The minimum Gasteiger partial charge on any atom is -0.497 e. The second kappa shape index (κ2) is 11.4. The normalized spacial score (nSPS) is 14.0. The van der Waals surface area contributed by atoms with Crippen LogP contribution in [0.15, 0.2) is 41.0 Å². The third kappa shape index (κ3) is 6.23. The van der Waals surface area contributed by atoms with E-state index < -0.39 is 0 Å². The molecule has 2 aromatic rings. The topological polar surface area (TPSA) is 127 Å². The highest BCUT2D eigenvalue weighted by Gasteiger charge is 2.26. The van der Waals surface area contributed by atoms with E-state index in [4.69, 9.17) is 10.5 Å². The lowest BCUT2D eigenvalue weighted by atomic mass is 10.3. The molecule has 1 fully saturated rings. The molecule has 1 aromatic heterocycles. The average Bonchev–Trinajstić information content (AvgIpc) is 3.04. The van der Waals surface area contributed by atoms with E-state index in [0.717, 1.165) is 0 Å². The van der Waals surface area contributed by atoms with Crippen LogP contribution in [0.1, 0.15) is 30.8 Å². The minimum atomic E-state index is -0.348. The first-order valence-electron chi connectivity index (χ1n) is 9.64. The Bertz CT molecular complexity index is 862. The van der Waals surface area contributed by atoms with Gasteiger partial charge in [0.25, 0.3) is 5.91 Å². The highest BCUT2D eigenvalue weighted by atomic mass is 16.6. The monoisotopic (exact) mass is 416 g/mol. The summed E-state index contributed by atoms with van der Waals surface area (Å²) in [5, 5.41) is 9.80. The Balaban J connectivity index is 0.000000735. The number of anilines is 2. The van der Waals surface area contributed by atoms with Gasteiger partial charge in [-0.25, -0.2) is 9.42 Å². The molecule has 162 valence electrons. The molecule has 1 aliphatic heterocycles. The zero-order valence-corrected chi connectivity index (χ0v) is 17.5. The van der Waals surface area contributed by atoms with Crippen molar-refractivity contribution in [2.45, 2.75) is 20.3 Å². The van der Waals surface area contributed by atoms with Gasteiger partial charge in [-0.2, -0.15) is 0 Å². The lowest BCUT2D eigenvalue weighted by Gasteiger charge is -2.22. The summed E-state index contributed by atoms with van der Waals surface area (Å²) in [6.07, 6.45) is 4.64. The predicted octanol–water partition coefficient (Wildman–Crippen LogP) is 2.62. The molecule has 0 bridgehead atoms. The van der Waals surface area contributed by atoms with E-state index in [1.165, 1.54) is 0 Å². The molecule has 30 heavy (non-hydrogen) atoms. The second-order valence-corrected chi connectivity index (χ2v) is 6.46. The van der Waals surface area contributed by atoms with Crippen molar-refractivity contribution in [3.8, 4) is 5.75 Å². The van der Waals surface area contributed by atoms with Crippen LogP contribution in [0.25, 0.3) is 0 Å². The standard InChI is InChI=1S/C16H20N6O4.C4H8/c1-25-12-5-2-4-11(10-12)18-16(24)22-7-3-6-21(8-9-22)15(23)13-14(17)20-26-19-13;1-3-4-2/h2,4-5,10H,3,6-9H2,1H3,(H2,17,20)(H,18,24);3-4H,1-2H3/b;4-3-. The number of nitrogen functional groups attached to an aromatic ring is 1. The molecule has 0 aliphatic carbocycles. The quantitative estimate of drug-likeness (QED) is 0.736. The zero-order valence-electron chi connectivity index (χ0n) is 17.5. The van der Waals surface area contributed by atoms with Crippen molar-refractivity contribution in [3.63, 3.8) is 0 Å². The van der Waals surface area contributed by atoms with E-state index in [1.54, 1.807) is 41.2 Å². The molecule has 0 radical (unpaired) electrons. The Morgan fingerprint density at radius 3 is 2.47 bits per heavy atom. The Hall–Kier alpha value is -3.56. The first-order valence-corrected chi connectivity index (χ1v) is 9.64. The molecule has 3 amide bonds. The number of rotatable bonds is 3. The van der Waals surface area contributed by atoms with Crippen molar-refractivity contribution in [2.75, 3.05) is 44.3 Å². The number of carbonyl (C=O) groups excluding carboxylic acids is 2. The van der Waals surface area contributed by atoms with Gasteiger partial charge >= 0.3 is 6.03 Å². The predicted molar refractivity (Wildman–Crippen MR) is 113 cm³/mol. The second-order valence-electron chi connectivity index (χ2n) is 6.46. The van der Waals surface area contributed by atoms with Crippen LogP contribution in [0.4, 0.5) is 16.3 Å². The number of aromatic nitrogens is 2. The fourth-order valence-corrected chi connectivity index (χ4v) is 2.72. The maximum absolute atomic E-state index is 12.5. The molecule has 3 N–H and O–H groups in total. The Kier molecular flexibility index (Phi) is 8.67. The lowest BCUT2D eigenvalue weighted by Crippen LogP contribution is -2.39. The minimum absolute atomic E-state index is 0.000665. The first kappa shape index (κ1) is 22.7. The van der Waals surface area contributed by atoms with Crippen LogP contribution in [-0.2, 0) is 0 Å². The van der Waals surface area contributed by atoms with Gasteiger partial charge in [-0.15, -0.1) is 0 Å². The number of ether oxygens (including phenoxy) is 1. The number of nitrogens with two attached hydrogens (primary N) is 1. The van der Waals surface area contributed by atoms with Crippen LogP contribution < -0.4 is 15.8 Å². The summed E-state index contributed by atoms with van der Waals surface area (Å²) in [4.78, 5) is 28.2. The molecule has 3 rings (SSSR count). The number of hydrogen-bond donors (Lipinski definition) is 2. The first-order chi connectivity index (χ1) is 14.5. The average molecular weight is 416 g/mol. The van der Waals surface area contributed by atoms with E-state index in [2.05, 4.69) is 20.3 Å². The summed E-state index contributed by atoms with van der Waals surface area (Å²) < 4.78 is 9.63. The van der Waals surface area contributed by atoms with Gasteiger partial charge in [0.05, 0.1) is 7.11 Å². The summed E-state index contributed by atoms with van der Waals surface area (Å²) in [5.74, 6) is 0.278. The molecular weight excluding hydrogens is 388 g/mol. The zero-order chi connectivity index (χ0) is 21.9. The van der Waals surface area contributed by atoms with E-state index in [-0.39, 0.29) is 23.5 Å². The van der Waals surface area contributed by atoms with Crippen LogP contribution in [0.3, 0.4) is 0 Å². The Labute approximate surface area is 175 Å². The fourth-order valence-electron chi connectivity index (χ4n) is 2.72. The van der Waals surface area contributed by atoms with Gasteiger partial charge in [-0.3, -0.25) is 4.79 Å². The number of methoxy groups -OCH3 is 1. The third-order valence-corrected chi connectivity index (χ3v) is 4.44. The van der Waals surface area contributed by atoms with Crippen LogP contribution in [0.2, 0.25) is 0 Å². The number of nitrogens with zero attached hydrogens (tertiary/aromatic N) is 4. The SMILES string of the molecule is C/C=C\C.COc1cccc(NC(=O)N2CCCN(C(=O)c3nonc3N)CC2)c1. The smallest absolute Gasteiger partial charge is 0.321 e. The summed E-state index contributed by atoms with van der Waals surface area (Å²) in [6, 6.07) is 6.90. The molecule has 0 saturated carbocycles. The highest BCUT2D eigenvalue weighted by molar-refractivity contribution is 5.96. The number of nitrogens with one attached hydrogen (secondary N) is 1. The van der Waals surface area contributed by atoms with Crippen molar-refractivity contribution < 1.29 is 19.0 Å². The molecule has 10 nitrogen and oxygen atoms in total. The number of hydrogen-bond acceptors (Lipinski definition) is 7. The third-order valence-electron chi connectivity index (χ3n) is 4.44. The van der Waals surface area contributed by atoms with E-state index in [1.807, 2.05) is 26.0 Å². The fraction of sp³-hybridized carbons (Fsp3) is 0.400. The van der Waals surface area contributed by atoms with Crippen molar-refractivity contribution in [3.05, 3.63) is 42.1 Å². The number of carbonyl (C=O) groups is 2. The van der Waals surface area contributed by atoms with Crippen LogP contribution in [-0.4, -0.2) is 65.3 Å². The van der Waals surface area contributed by atoms with Crippen molar-refractivity contribution in [1.82, 2.24) is 20.1 Å². The van der Waals surface area contributed by atoms with Crippen LogP contribution in [0, 0.1) is 0 Å².